The van der Waals surface area contributed by atoms with Crippen molar-refractivity contribution in [3.8, 4) is 0 Å². The molecule has 0 saturated carbocycles. The molecule has 18 heavy (non-hydrogen) atoms. The lowest BCUT2D eigenvalue weighted by Gasteiger charge is -2.35. The Kier molecular flexibility index (Phi) is 6.09. The highest BCUT2D eigenvalue weighted by Crippen LogP contribution is 2.21. The zero-order valence-corrected chi connectivity index (χ0v) is 13.3. The maximum Gasteiger partial charge on any atom is 0.0243 e. The summed E-state index contributed by atoms with van der Waals surface area (Å²) in [5, 5.41) is 3.64. The molecule has 108 valence electrons. The smallest absolute Gasteiger partial charge is 0.0243 e. The Morgan fingerprint density at radius 3 is 2.50 bits per heavy atom. The number of likely N-dealkylation sites (N-methyl/N-ethyl adjacent to an activating group) is 2. The first-order chi connectivity index (χ1) is 8.32. The quantitative estimate of drug-likeness (QED) is 0.782. The highest BCUT2D eigenvalue weighted by Gasteiger charge is 2.26. The van der Waals surface area contributed by atoms with Gasteiger partial charge in [-0.2, -0.15) is 0 Å². The topological polar surface area (TPSA) is 18.5 Å². The van der Waals surface area contributed by atoms with Crippen LogP contribution in [0.2, 0.25) is 0 Å². The normalized spacial score (nSPS) is 23.8. The second-order valence-electron chi connectivity index (χ2n) is 7.11. The third kappa shape index (κ3) is 5.25. The highest BCUT2D eigenvalue weighted by molar-refractivity contribution is 4.84. The third-order valence-electron chi connectivity index (χ3n) is 4.05. The molecule has 0 aromatic heterocycles. The molecule has 0 spiro atoms. The maximum absolute atomic E-state index is 3.64. The molecule has 3 nitrogen and oxygen atoms in total. The van der Waals surface area contributed by atoms with E-state index in [1.165, 1.54) is 26.1 Å². The fraction of sp³-hybridized carbons (Fsp3) is 1.00. The van der Waals surface area contributed by atoms with Gasteiger partial charge in [0.15, 0.2) is 0 Å². The van der Waals surface area contributed by atoms with Crippen LogP contribution in [0.1, 0.15) is 34.1 Å². The first-order valence-corrected chi connectivity index (χ1v) is 7.43. The molecule has 0 amide bonds. The Morgan fingerprint density at radius 1 is 1.39 bits per heavy atom. The van der Waals surface area contributed by atoms with Crippen molar-refractivity contribution in [1.29, 1.82) is 0 Å². The van der Waals surface area contributed by atoms with E-state index in [0.29, 0.717) is 11.5 Å². The van der Waals surface area contributed by atoms with Crippen LogP contribution in [-0.2, 0) is 0 Å². The molecule has 3 heteroatoms. The minimum absolute atomic E-state index is 0.330. The zero-order valence-electron chi connectivity index (χ0n) is 13.3. The lowest BCUT2D eigenvalue weighted by molar-refractivity contribution is 0.181. The minimum Gasteiger partial charge on any atom is -0.312 e. The Balaban J connectivity index is 2.38. The molecule has 1 aliphatic heterocycles. The molecular weight excluding hydrogens is 222 g/mol. The Hall–Kier alpha value is -0.120. The van der Waals surface area contributed by atoms with E-state index in [1.54, 1.807) is 0 Å². The summed E-state index contributed by atoms with van der Waals surface area (Å²) in [4.78, 5) is 4.96. The van der Waals surface area contributed by atoms with Crippen LogP contribution >= 0.6 is 0 Å². The van der Waals surface area contributed by atoms with Gasteiger partial charge < -0.3 is 15.1 Å². The van der Waals surface area contributed by atoms with Crippen molar-refractivity contribution >= 4 is 0 Å². The first-order valence-electron chi connectivity index (χ1n) is 7.43. The van der Waals surface area contributed by atoms with Crippen LogP contribution in [0.25, 0.3) is 0 Å². The second-order valence-corrected chi connectivity index (χ2v) is 7.11. The average molecular weight is 255 g/mol. The van der Waals surface area contributed by atoms with Crippen LogP contribution in [0.3, 0.4) is 0 Å². The molecule has 1 N–H and O–H groups in total. The number of hydrogen-bond acceptors (Lipinski definition) is 3. The SMILES string of the molecule is CCNC(CN(C)CC1CCN(C)C1)C(C)(C)C. The molecule has 0 radical (unpaired) electrons. The number of nitrogens with zero attached hydrogens (tertiary/aromatic N) is 2. The summed E-state index contributed by atoms with van der Waals surface area (Å²) in [5.74, 6) is 0.863. The molecule has 2 unspecified atom stereocenters. The van der Waals surface area contributed by atoms with E-state index in [-0.39, 0.29) is 0 Å². The Bertz CT molecular complexity index is 234. The van der Waals surface area contributed by atoms with Gasteiger partial charge in [0.25, 0.3) is 0 Å². The van der Waals surface area contributed by atoms with Gasteiger partial charge in [-0.3, -0.25) is 0 Å². The highest BCUT2D eigenvalue weighted by atomic mass is 15.2. The summed E-state index contributed by atoms with van der Waals surface area (Å²) in [6, 6.07) is 0.576. The number of hydrogen-bond donors (Lipinski definition) is 1. The molecular formula is C15H33N3. The predicted molar refractivity (Wildman–Crippen MR) is 80.0 cm³/mol. The van der Waals surface area contributed by atoms with Gasteiger partial charge in [-0.25, -0.2) is 0 Å². The summed E-state index contributed by atoms with van der Waals surface area (Å²) in [6.45, 7) is 15.2. The molecule has 1 rings (SSSR count). The summed E-state index contributed by atoms with van der Waals surface area (Å²) in [7, 11) is 4.50. The largest absolute Gasteiger partial charge is 0.312 e. The van der Waals surface area contributed by atoms with Gasteiger partial charge in [0, 0.05) is 25.7 Å². The monoisotopic (exact) mass is 255 g/mol. The van der Waals surface area contributed by atoms with E-state index >= 15 is 0 Å². The van der Waals surface area contributed by atoms with Crippen molar-refractivity contribution in [3.05, 3.63) is 0 Å². The van der Waals surface area contributed by atoms with Gasteiger partial charge >= 0.3 is 0 Å². The van der Waals surface area contributed by atoms with Gasteiger partial charge in [-0.05, 0) is 44.9 Å². The summed E-state index contributed by atoms with van der Waals surface area (Å²) in [6.07, 6.45) is 1.36. The Labute approximate surface area is 114 Å². The molecule has 0 aliphatic carbocycles. The van der Waals surface area contributed by atoms with E-state index < -0.39 is 0 Å². The molecule has 2 atom stereocenters. The van der Waals surface area contributed by atoms with Crippen molar-refractivity contribution in [2.45, 2.75) is 40.2 Å². The third-order valence-corrected chi connectivity index (χ3v) is 4.05. The van der Waals surface area contributed by atoms with Gasteiger partial charge in [0.1, 0.15) is 0 Å². The van der Waals surface area contributed by atoms with Gasteiger partial charge in [-0.1, -0.05) is 27.7 Å². The number of likely N-dealkylation sites (tertiary alicyclic amines) is 1. The fourth-order valence-electron chi connectivity index (χ4n) is 2.89. The minimum atomic E-state index is 0.330. The van der Waals surface area contributed by atoms with Crippen molar-refractivity contribution in [2.24, 2.45) is 11.3 Å². The van der Waals surface area contributed by atoms with Crippen LogP contribution in [0.4, 0.5) is 0 Å². The van der Waals surface area contributed by atoms with E-state index in [4.69, 9.17) is 0 Å². The van der Waals surface area contributed by atoms with E-state index in [0.717, 1.165) is 19.0 Å². The van der Waals surface area contributed by atoms with Crippen LogP contribution in [0.15, 0.2) is 0 Å². The average Bonchev–Trinajstić information content (AvgIpc) is 2.62. The van der Waals surface area contributed by atoms with Crippen LogP contribution in [-0.4, -0.2) is 62.7 Å². The van der Waals surface area contributed by atoms with Crippen molar-refractivity contribution in [3.63, 3.8) is 0 Å². The molecule has 1 fully saturated rings. The van der Waals surface area contributed by atoms with Crippen molar-refractivity contribution in [2.75, 3.05) is 46.8 Å². The fourth-order valence-corrected chi connectivity index (χ4v) is 2.89. The molecule has 1 heterocycles. The standard InChI is InChI=1S/C15H33N3/c1-7-16-14(15(2,3)4)12-18(6)11-13-8-9-17(5)10-13/h13-14,16H,7-12H2,1-6H3. The molecule has 1 aliphatic rings. The summed E-state index contributed by atoms with van der Waals surface area (Å²) in [5.41, 5.74) is 0.330. The van der Waals surface area contributed by atoms with Crippen LogP contribution in [0, 0.1) is 11.3 Å². The van der Waals surface area contributed by atoms with E-state index in [1.807, 2.05) is 0 Å². The van der Waals surface area contributed by atoms with Crippen LogP contribution < -0.4 is 5.32 Å². The molecule has 0 aromatic carbocycles. The lowest BCUT2D eigenvalue weighted by Crippen LogP contribution is -2.48. The summed E-state index contributed by atoms with van der Waals surface area (Å²) >= 11 is 0. The zero-order chi connectivity index (χ0) is 13.8. The van der Waals surface area contributed by atoms with Gasteiger partial charge in [0.2, 0.25) is 0 Å². The number of nitrogens with one attached hydrogen (secondary N) is 1. The molecule has 0 bridgehead atoms. The lowest BCUT2D eigenvalue weighted by atomic mass is 9.86. The van der Waals surface area contributed by atoms with Gasteiger partial charge in [-0.15, -0.1) is 0 Å². The predicted octanol–water partition coefficient (Wildman–Crippen LogP) is 1.89. The van der Waals surface area contributed by atoms with E-state index in [9.17, 15) is 0 Å². The summed E-state index contributed by atoms with van der Waals surface area (Å²) < 4.78 is 0. The number of rotatable bonds is 6. The maximum atomic E-state index is 3.64. The second kappa shape index (κ2) is 6.88. The van der Waals surface area contributed by atoms with Crippen LogP contribution in [0.5, 0.6) is 0 Å². The Morgan fingerprint density at radius 2 is 2.06 bits per heavy atom. The van der Waals surface area contributed by atoms with Crippen molar-refractivity contribution in [1.82, 2.24) is 15.1 Å². The molecule has 1 saturated heterocycles. The van der Waals surface area contributed by atoms with Gasteiger partial charge in [0.05, 0.1) is 0 Å². The van der Waals surface area contributed by atoms with E-state index in [2.05, 4.69) is 56.9 Å². The molecule has 0 aromatic rings. The van der Waals surface area contributed by atoms with Crippen molar-refractivity contribution < 1.29 is 0 Å². The first kappa shape index (κ1) is 15.9.